The molecule has 31 heavy (non-hydrogen) atoms. The fourth-order valence-electron chi connectivity index (χ4n) is 4.09. The van der Waals surface area contributed by atoms with E-state index in [1.807, 2.05) is 54.6 Å². The second kappa shape index (κ2) is 9.71. The lowest BCUT2D eigenvalue weighted by Gasteiger charge is -2.33. The van der Waals surface area contributed by atoms with Crippen LogP contribution in [0.1, 0.15) is 37.7 Å². The van der Waals surface area contributed by atoms with Crippen molar-refractivity contribution in [3.63, 3.8) is 0 Å². The zero-order chi connectivity index (χ0) is 21.5. The summed E-state index contributed by atoms with van der Waals surface area (Å²) in [4.78, 5) is 22.6. The molecule has 4 rings (SSSR count). The molecule has 160 valence electrons. The molecule has 3 aromatic rings. The number of rotatable bonds is 8. The quantitative estimate of drug-likeness (QED) is 0.532. The van der Waals surface area contributed by atoms with Gasteiger partial charge in [0.2, 0.25) is 6.41 Å². The van der Waals surface area contributed by atoms with E-state index in [1.54, 1.807) is 17.3 Å². The minimum Gasteiger partial charge on any atom is -0.388 e. The lowest BCUT2D eigenvalue weighted by molar-refractivity contribution is -0.107. The standard InChI is InChI=1S/C25H28N4O2/c30-19-29(17-20-8-7-15-26-16-20)23-12-11-22(21-9-3-1-4-10-21)28-24(23)27-18-25(31)13-5-2-6-14-25/h1,3-4,7-12,15-16,19,31H,2,5-6,13-14,17-18H2,(H,27,28). The number of aromatic nitrogens is 2. The van der Waals surface area contributed by atoms with Gasteiger partial charge in [-0.05, 0) is 36.6 Å². The first-order valence-corrected chi connectivity index (χ1v) is 10.8. The topological polar surface area (TPSA) is 78.4 Å². The van der Waals surface area contributed by atoms with Crippen molar-refractivity contribution in [2.24, 2.45) is 0 Å². The van der Waals surface area contributed by atoms with Crippen LogP contribution in [0, 0.1) is 0 Å². The number of aliphatic hydroxyl groups is 1. The maximum Gasteiger partial charge on any atom is 0.214 e. The highest BCUT2D eigenvalue weighted by atomic mass is 16.3. The molecule has 0 bridgehead atoms. The van der Waals surface area contributed by atoms with Crippen molar-refractivity contribution >= 4 is 17.9 Å². The first-order valence-electron chi connectivity index (χ1n) is 10.8. The van der Waals surface area contributed by atoms with E-state index in [0.29, 0.717) is 24.6 Å². The fourth-order valence-corrected chi connectivity index (χ4v) is 4.09. The molecule has 0 spiro atoms. The predicted molar refractivity (Wildman–Crippen MR) is 123 cm³/mol. The van der Waals surface area contributed by atoms with Crippen LogP contribution in [-0.4, -0.2) is 33.6 Å². The number of carbonyl (C=O) groups is 1. The number of amides is 1. The van der Waals surface area contributed by atoms with Crippen molar-refractivity contribution in [2.45, 2.75) is 44.2 Å². The van der Waals surface area contributed by atoms with Crippen LogP contribution >= 0.6 is 0 Å². The van der Waals surface area contributed by atoms with Gasteiger partial charge < -0.3 is 15.3 Å². The highest BCUT2D eigenvalue weighted by Gasteiger charge is 2.29. The summed E-state index contributed by atoms with van der Waals surface area (Å²) < 4.78 is 0. The van der Waals surface area contributed by atoms with E-state index in [1.165, 1.54) is 6.42 Å². The van der Waals surface area contributed by atoms with Crippen LogP contribution in [0.15, 0.2) is 67.0 Å². The summed E-state index contributed by atoms with van der Waals surface area (Å²) in [5.74, 6) is 0.594. The van der Waals surface area contributed by atoms with E-state index in [2.05, 4.69) is 10.3 Å². The van der Waals surface area contributed by atoms with E-state index in [-0.39, 0.29) is 0 Å². The summed E-state index contributed by atoms with van der Waals surface area (Å²) in [6.07, 6.45) is 9.06. The van der Waals surface area contributed by atoms with Crippen molar-refractivity contribution in [2.75, 3.05) is 16.8 Å². The predicted octanol–water partition coefficient (Wildman–Crippen LogP) is 4.41. The van der Waals surface area contributed by atoms with Crippen LogP contribution in [0.5, 0.6) is 0 Å². The van der Waals surface area contributed by atoms with Gasteiger partial charge in [-0.3, -0.25) is 9.78 Å². The van der Waals surface area contributed by atoms with Gasteiger partial charge in [0.1, 0.15) is 0 Å². The molecule has 1 aliphatic rings. The molecular weight excluding hydrogens is 388 g/mol. The summed E-state index contributed by atoms with van der Waals surface area (Å²) in [5.41, 5.74) is 2.68. The van der Waals surface area contributed by atoms with Crippen LogP contribution in [0.4, 0.5) is 11.5 Å². The Morgan fingerprint density at radius 1 is 1.03 bits per heavy atom. The summed E-state index contributed by atoms with van der Waals surface area (Å²) in [5, 5.41) is 14.3. The Morgan fingerprint density at radius 2 is 1.84 bits per heavy atom. The maximum atomic E-state index is 12.0. The van der Waals surface area contributed by atoms with Crippen molar-refractivity contribution in [1.82, 2.24) is 9.97 Å². The zero-order valence-corrected chi connectivity index (χ0v) is 17.6. The van der Waals surface area contributed by atoms with Crippen molar-refractivity contribution in [1.29, 1.82) is 0 Å². The second-order valence-electron chi connectivity index (χ2n) is 8.16. The molecule has 0 unspecified atom stereocenters. The van der Waals surface area contributed by atoms with Gasteiger partial charge in [-0.1, -0.05) is 55.7 Å². The minimum absolute atomic E-state index is 0.392. The minimum atomic E-state index is -0.741. The van der Waals surface area contributed by atoms with Crippen LogP contribution in [-0.2, 0) is 11.3 Å². The van der Waals surface area contributed by atoms with Crippen molar-refractivity contribution < 1.29 is 9.90 Å². The van der Waals surface area contributed by atoms with Gasteiger partial charge in [0.25, 0.3) is 0 Å². The van der Waals surface area contributed by atoms with Gasteiger partial charge in [-0.2, -0.15) is 0 Å². The molecule has 0 radical (unpaired) electrons. The van der Waals surface area contributed by atoms with E-state index < -0.39 is 5.60 Å². The molecule has 2 N–H and O–H groups in total. The van der Waals surface area contributed by atoms with Gasteiger partial charge in [0.15, 0.2) is 5.82 Å². The van der Waals surface area contributed by atoms with Crippen LogP contribution < -0.4 is 10.2 Å². The Bertz CT molecular complexity index is 989. The molecule has 2 heterocycles. The average Bonchev–Trinajstić information content (AvgIpc) is 2.83. The third-order valence-corrected chi connectivity index (χ3v) is 5.83. The first kappa shape index (κ1) is 21.0. The number of anilines is 2. The fraction of sp³-hybridized carbons (Fsp3) is 0.320. The molecule has 2 aromatic heterocycles. The Balaban J connectivity index is 1.64. The highest BCUT2D eigenvalue weighted by molar-refractivity contribution is 5.83. The molecule has 1 fully saturated rings. The molecule has 1 aromatic carbocycles. The number of benzene rings is 1. The smallest absolute Gasteiger partial charge is 0.214 e. The Hall–Kier alpha value is -3.25. The molecular formula is C25H28N4O2. The van der Waals surface area contributed by atoms with E-state index >= 15 is 0 Å². The summed E-state index contributed by atoms with van der Waals surface area (Å²) in [6.45, 7) is 0.799. The van der Waals surface area contributed by atoms with Gasteiger partial charge in [0, 0.05) is 24.5 Å². The molecule has 0 atom stereocenters. The van der Waals surface area contributed by atoms with Crippen LogP contribution in [0.3, 0.4) is 0 Å². The maximum absolute atomic E-state index is 12.0. The largest absolute Gasteiger partial charge is 0.388 e. The van der Waals surface area contributed by atoms with Crippen LogP contribution in [0.2, 0.25) is 0 Å². The first-order chi connectivity index (χ1) is 15.2. The van der Waals surface area contributed by atoms with E-state index in [4.69, 9.17) is 4.98 Å². The number of hydrogen-bond acceptors (Lipinski definition) is 5. The molecule has 6 heteroatoms. The molecule has 6 nitrogen and oxygen atoms in total. The number of nitrogens with one attached hydrogen (secondary N) is 1. The van der Waals surface area contributed by atoms with E-state index in [0.717, 1.165) is 48.9 Å². The molecule has 0 aliphatic heterocycles. The third kappa shape index (κ3) is 5.27. The molecule has 1 aliphatic carbocycles. The summed E-state index contributed by atoms with van der Waals surface area (Å²) in [7, 11) is 0. The van der Waals surface area contributed by atoms with Gasteiger partial charge in [-0.15, -0.1) is 0 Å². The molecule has 0 saturated heterocycles. The van der Waals surface area contributed by atoms with E-state index in [9.17, 15) is 9.90 Å². The summed E-state index contributed by atoms with van der Waals surface area (Å²) in [6, 6.07) is 17.6. The number of carbonyl (C=O) groups excluding carboxylic acids is 1. The Labute approximate surface area is 183 Å². The van der Waals surface area contributed by atoms with Gasteiger partial charge in [0.05, 0.1) is 23.5 Å². The van der Waals surface area contributed by atoms with Crippen molar-refractivity contribution in [3.8, 4) is 11.3 Å². The van der Waals surface area contributed by atoms with Crippen molar-refractivity contribution in [3.05, 3.63) is 72.6 Å². The lowest BCUT2D eigenvalue weighted by Crippen LogP contribution is -2.39. The second-order valence-corrected chi connectivity index (χ2v) is 8.16. The highest BCUT2D eigenvalue weighted by Crippen LogP contribution is 2.32. The molecule has 1 amide bonds. The third-order valence-electron chi connectivity index (χ3n) is 5.83. The SMILES string of the molecule is O=CN(Cc1cccnc1)c1ccc(-c2ccccc2)nc1NCC1(O)CCCCC1. The number of hydrogen-bond donors (Lipinski definition) is 2. The average molecular weight is 417 g/mol. The van der Waals surface area contributed by atoms with Gasteiger partial charge in [-0.25, -0.2) is 4.98 Å². The van der Waals surface area contributed by atoms with Gasteiger partial charge >= 0.3 is 0 Å². The number of nitrogens with zero attached hydrogens (tertiary/aromatic N) is 3. The summed E-state index contributed by atoms with van der Waals surface area (Å²) >= 11 is 0. The Kier molecular flexibility index (Phi) is 6.57. The Morgan fingerprint density at radius 3 is 2.55 bits per heavy atom. The normalized spacial score (nSPS) is 15.3. The lowest BCUT2D eigenvalue weighted by atomic mass is 9.85. The molecule has 1 saturated carbocycles. The zero-order valence-electron chi connectivity index (χ0n) is 17.6. The number of pyridine rings is 2. The van der Waals surface area contributed by atoms with Crippen LogP contribution in [0.25, 0.3) is 11.3 Å². The monoisotopic (exact) mass is 416 g/mol.